The van der Waals surface area contributed by atoms with Crippen molar-refractivity contribution in [2.75, 3.05) is 6.54 Å². The molecule has 0 amide bonds. The molecule has 2 aliphatic rings. The highest BCUT2D eigenvalue weighted by Gasteiger charge is 2.39. The number of benzene rings is 1. The first kappa shape index (κ1) is 17.1. The standard InChI is InChI=1S/C21H24N4OS/c1-13-5-8-20(26)25(23-13)16-6-7-18-19(12-16)27-21(22-18)15-10-17(11-15)24-9-3-4-14(24)2/h5-8,12,14-15,17H,3-4,9-11H2,1-2H3/t14-,15?,17?/m1/s1. The van der Waals surface area contributed by atoms with Gasteiger partial charge >= 0.3 is 0 Å². The molecule has 0 spiro atoms. The van der Waals surface area contributed by atoms with Crippen molar-refractivity contribution in [1.29, 1.82) is 0 Å². The smallest absolute Gasteiger partial charge is 0.271 e. The van der Waals surface area contributed by atoms with Gasteiger partial charge in [0.05, 0.1) is 26.6 Å². The number of rotatable bonds is 3. The van der Waals surface area contributed by atoms with Crippen molar-refractivity contribution in [2.45, 2.75) is 57.5 Å². The molecule has 0 unspecified atom stereocenters. The van der Waals surface area contributed by atoms with E-state index in [4.69, 9.17) is 4.98 Å². The summed E-state index contributed by atoms with van der Waals surface area (Å²) in [4.78, 5) is 19.7. The van der Waals surface area contributed by atoms with Crippen molar-refractivity contribution in [3.63, 3.8) is 0 Å². The van der Waals surface area contributed by atoms with Crippen LogP contribution in [0.2, 0.25) is 0 Å². The molecule has 1 saturated heterocycles. The van der Waals surface area contributed by atoms with E-state index in [1.807, 2.05) is 25.1 Å². The molecule has 5 nitrogen and oxygen atoms in total. The van der Waals surface area contributed by atoms with E-state index in [1.165, 1.54) is 41.9 Å². The molecular formula is C21H24N4OS. The Morgan fingerprint density at radius 2 is 2.04 bits per heavy atom. The summed E-state index contributed by atoms with van der Waals surface area (Å²) in [5.74, 6) is 0.587. The molecule has 1 saturated carbocycles. The highest BCUT2D eigenvalue weighted by atomic mass is 32.1. The quantitative estimate of drug-likeness (QED) is 0.692. The van der Waals surface area contributed by atoms with Crippen LogP contribution in [0.5, 0.6) is 0 Å². The lowest BCUT2D eigenvalue weighted by atomic mass is 9.79. The van der Waals surface area contributed by atoms with Crippen molar-refractivity contribution < 1.29 is 0 Å². The van der Waals surface area contributed by atoms with Crippen LogP contribution in [0.3, 0.4) is 0 Å². The number of nitrogens with zero attached hydrogens (tertiary/aromatic N) is 4. The molecule has 1 atom stereocenters. The van der Waals surface area contributed by atoms with Crippen LogP contribution in [0, 0.1) is 6.92 Å². The number of aryl methyl sites for hydroxylation is 1. The maximum Gasteiger partial charge on any atom is 0.271 e. The fourth-order valence-electron chi connectivity index (χ4n) is 4.48. The Labute approximate surface area is 162 Å². The average Bonchev–Trinajstić information content (AvgIpc) is 3.21. The van der Waals surface area contributed by atoms with Crippen LogP contribution < -0.4 is 5.56 Å². The summed E-state index contributed by atoms with van der Waals surface area (Å²) in [7, 11) is 0. The first-order valence-electron chi connectivity index (χ1n) is 9.82. The summed E-state index contributed by atoms with van der Waals surface area (Å²) >= 11 is 1.77. The molecule has 0 radical (unpaired) electrons. The maximum atomic E-state index is 12.1. The number of aromatic nitrogens is 3. The van der Waals surface area contributed by atoms with Crippen molar-refractivity contribution in [3.05, 3.63) is 51.4 Å². The minimum absolute atomic E-state index is 0.105. The molecule has 1 aliphatic carbocycles. The fraction of sp³-hybridized carbons (Fsp3) is 0.476. The Balaban J connectivity index is 1.39. The first-order chi connectivity index (χ1) is 13.1. The molecule has 140 valence electrons. The van der Waals surface area contributed by atoms with Crippen LogP contribution in [0.15, 0.2) is 35.1 Å². The molecule has 2 aromatic heterocycles. The Morgan fingerprint density at radius 1 is 1.19 bits per heavy atom. The number of likely N-dealkylation sites (tertiary alicyclic amines) is 1. The largest absolute Gasteiger partial charge is 0.298 e. The normalized spacial score (nSPS) is 25.8. The van der Waals surface area contributed by atoms with Crippen molar-refractivity contribution in [2.24, 2.45) is 0 Å². The van der Waals surface area contributed by atoms with E-state index in [9.17, 15) is 4.79 Å². The summed E-state index contributed by atoms with van der Waals surface area (Å²) in [6.07, 6.45) is 5.15. The Bertz CT molecular complexity index is 1050. The molecule has 1 aromatic carbocycles. The number of hydrogen-bond donors (Lipinski definition) is 0. The first-order valence-corrected chi connectivity index (χ1v) is 10.6. The topological polar surface area (TPSA) is 51.0 Å². The van der Waals surface area contributed by atoms with Crippen molar-refractivity contribution in [3.8, 4) is 5.69 Å². The maximum absolute atomic E-state index is 12.1. The number of hydrogen-bond acceptors (Lipinski definition) is 5. The van der Waals surface area contributed by atoms with Gasteiger partial charge < -0.3 is 0 Å². The van der Waals surface area contributed by atoms with Crippen molar-refractivity contribution >= 4 is 21.6 Å². The summed E-state index contributed by atoms with van der Waals surface area (Å²) in [5, 5.41) is 5.61. The third-order valence-electron chi connectivity index (χ3n) is 6.10. The van der Waals surface area contributed by atoms with Crippen LogP contribution in [0.4, 0.5) is 0 Å². The van der Waals surface area contributed by atoms with Gasteiger partial charge in [0, 0.05) is 24.1 Å². The van der Waals surface area contributed by atoms with Gasteiger partial charge in [0.2, 0.25) is 0 Å². The molecule has 3 heterocycles. The van der Waals surface area contributed by atoms with Gasteiger partial charge in [-0.1, -0.05) is 0 Å². The Hall–Kier alpha value is -2.05. The van der Waals surface area contributed by atoms with E-state index in [-0.39, 0.29) is 5.56 Å². The van der Waals surface area contributed by atoms with E-state index in [2.05, 4.69) is 16.9 Å². The molecule has 6 heteroatoms. The van der Waals surface area contributed by atoms with Gasteiger partial charge in [-0.05, 0) is 70.3 Å². The van der Waals surface area contributed by atoms with Crippen LogP contribution in [0.1, 0.15) is 49.2 Å². The van der Waals surface area contributed by atoms with Gasteiger partial charge in [-0.15, -0.1) is 11.3 Å². The Morgan fingerprint density at radius 3 is 2.81 bits per heavy atom. The Kier molecular flexibility index (Phi) is 4.13. The number of fused-ring (bicyclic) bond motifs is 1. The second kappa shape index (κ2) is 6.53. The van der Waals surface area contributed by atoms with Gasteiger partial charge in [0.25, 0.3) is 5.56 Å². The lowest BCUT2D eigenvalue weighted by molar-refractivity contribution is 0.103. The lowest BCUT2D eigenvalue weighted by Gasteiger charge is -2.42. The molecule has 5 rings (SSSR count). The summed E-state index contributed by atoms with van der Waals surface area (Å²) in [6.45, 7) is 5.52. The van der Waals surface area contributed by atoms with Crippen LogP contribution in [-0.4, -0.2) is 38.3 Å². The molecule has 0 bridgehead atoms. The molecule has 2 fully saturated rings. The molecule has 1 aliphatic heterocycles. The summed E-state index contributed by atoms with van der Waals surface area (Å²) in [6, 6.07) is 10.8. The van der Waals surface area contributed by atoms with Crippen LogP contribution in [0.25, 0.3) is 15.9 Å². The number of thiazole rings is 1. The highest BCUT2D eigenvalue weighted by molar-refractivity contribution is 7.18. The summed E-state index contributed by atoms with van der Waals surface area (Å²) < 4.78 is 2.61. The molecule has 3 aromatic rings. The average molecular weight is 381 g/mol. The predicted molar refractivity (Wildman–Crippen MR) is 109 cm³/mol. The van der Waals surface area contributed by atoms with E-state index >= 15 is 0 Å². The summed E-state index contributed by atoms with van der Waals surface area (Å²) in [5.41, 5.74) is 2.56. The van der Waals surface area contributed by atoms with Gasteiger partial charge in [0.1, 0.15) is 0 Å². The zero-order valence-electron chi connectivity index (χ0n) is 15.8. The zero-order valence-corrected chi connectivity index (χ0v) is 16.6. The van der Waals surface area contributed by atoms with Gasteiger partial charge in [-0.25, -0.2) is 4.98 Å². The van der Waals surface area contributed by atoms with E-state index in [1.54, 1.807) is 23.5 Å². The molecule has 27 heavy (non-hydrogen) atoms. The van der Waals surface area contributed by atoms with E-state index in [0.29, 0.717) is 5.92 Å². The SMILES string of the molecule is Cc1ccc(=O)n(-c2ccc3nc(C4CC(N5CCC[C@H]5C)C4)sc3c2)n1. The third kappa shape index (κ3) is 3.01. The second-order valence-electron chi connectivity index (χ2n) is 7.98. The van der Waals surface area contributed by atoms with Crippen molar-refractivity contribution in [1.82, 2.24) is 19.7 Å². The monoisotopic (exact) mass is 380 g/mol. The minimum Gasteiger partial charge on any atom is -0.298 e. The predicted octanol–water partition coefficient (Wildman–Crippen LogP) is 3.88. The minimum atomic E-state index is -0.105. The van der Waals surface area contributed by atoms with E-state index in [0.717, 1.165) is 33.7 Å². The van der Waals surface area contributed by atoms with E-state index < -0.39 is 0 Å². The second-order valence-corrected chi connectivity index (χ2v) is 9.04. The molecular weight excluding hydrogens is 356 g/mol. The zero-order chi connectivity index (χ0) is 18.5. The fourth-order valence-corrected chi connectivity index (χ4v) is 5.61. The lowest BCUT2D eigenvalue weighted by Crippen LogP contribution is -2.45. The highest BCUT2D eigenvalue weighted by Crippen LogP contribution is 2.44. The van der Waals surface area contributed by atoms with Crippen LogP contribution in [-0.2, 0) is 0 Å². The third-order valence-corrected chi connectivity index (χ3v) is 7.28. The van der Waals surface area contributed by atoms with Crippen LogP contribution >= 0.6 is 11.3 Å². The molecule has 0 N–H and O–H groups in total. The van der Waals surface area contributed by atoms with Gasteiger partial charge in [0.15, 0.2) is 0 Å². The van der Waals surface area contributed by atoms with Gasteiger partial charge in [-0.2, -0.15) is 9.78 Å². The van der Waals surface area contributed by atoms with Gasteiger partial charge in [-0.3, -0.25) is 9.69 Å².